The first-order chi connectivity index (χ1) is 9.00. The van der Waals surface area contributed by atoms with E-state index in [4.69, 9.17) is 9.47 Å². The van der Waals surface area contributed by atoms with Gasteiger partial charge in [-0.25, -0.2) is 4.79 Å². The molecule has 2 rings (SSSR count). The molecule has 1 aliphatic heterocycles. The summed E-state index contributed by atoms with van der Waals surface area (Å²) in [5.74, 6) is 0.736. The van der Waals surface area contributed by atoms with Crippen molar-refractivity contribution in [2.24, 2.45) is 5.92 Å². The fourth-order valence-electron chi connectivity index (χ4n) is 2.36. The van der Waals surface area contributed by atoms with Crippen LogP contribution in [0.2, 0.25) is 0 Å². The number of carbonyl (C=O) groups excluding carboxylic acids is 1. The molecule has 5 nitrogen and oxygen atoms in total. The van der Waals surface area contributed by atoms with Crippen LogP contribution < -0.4 is 10.6 Å². The monoisotopic (exact) mass is 270 g/mol. The van der Waals surface area contributed by atoms with Gasteiger partial charge in [-0.3, -0.25) is 0 Å². The fraction of sp³-hybridized carbons (Fsp3) is 0.929. The Balaban J connectivity index is 1.69. The molecule has 2 amide bonds. The Kier molecular flexibility index (Phi) is 4.68. The Morgan fingerprint density at radius 2 is 2.11 bits per heavy atom. The van der Waals surface area contributed by atoms with E-state index in [0.717, 1.165) is 25.4 Å². The molecule has 1 heterocycles. The molecule has 2 aliphatic rings. The van der Waals surface area contributed by atoms with E-state index in [0.29, 0.717) is 12.6 Å². The minimum absolute atomic E-state index is 0.105. The highest BCUT2D eigenvalue weighted by molar-refractivity contribution is 5.74. The summed E-state index contributed by atoms with van der Waals surface area (Å²) in [6.45, 7) is 5.16. The summed E-state index contributed by atoms with van der Waals surface area (Å²) in [5.41, 5.74) is -0.330. The van der Waals surface area contributed by atoms with E-state index in [9.17, 15) is 4.79 Å². The zero-order chi connectivity index (χ0) is 13.9. The second-order valence-corrected chi connectivity index (χ2v) is 6.26. The van der Waals surface area contributed by atoms with Gasteiger partial charge in [-0.2, -0.15) is 0 Å². The topological polar surface area (TPSA) is 59.6 Å². The Hall–Kier alpha value is -0.810. The van der Waals surface area contributed by atoms with Crippen LogP contribution in [0.5, 0.6) is 0 Å². The predicted molar refractivity (Wildman–Crippen MR) is 73.1 cm³/mol. The largest absolute Gasteiger partial charge is 0.378 e. The molecule has 0 unspecified atom stereocenters. The molecule has 19 heavy (non-hydrogen) atoms. The minimum atomic E-state index is -0.330. The van der Waals surface area contributed by atoms with Crippen LogP contribution in [0.3, 0.4) is 0 Å². The van der Waals surface area contributed by atoms with Crippen LogP contribution in [0.1, 0.15) is 39.5 Å². The molecule has 1 saturated carbocycles. The van der Waals surface area contributed by atoms with Crippen molar-refractivity contribution in [3.8, 4) is 0 Å². The van der Waals surface area contributed by atoms with Gasteiger partial charge in [-0.1, -0.05) is 0 Å². The van der Waals surface area contributed by atoms with Crippen molar-refractivity contribution in [2.75, 3.05) is 20.3 Å². The third kappa shape index (κ3) is 4.66. The highest BCUT2D eigenvalue weighted by Crippen LogP contribution is 2.38. The Bertz CT molecular complexity index is 316. The zero-order valence-electron chi connectivity index (χ0n) is 12.2. The first-order valence-corrected chi connectivity index (χ1v) is 7.21. The quantitative estimate of drug-likeness (QED) is 0.799. The molecule has 0 radical (unpaired) electrons. The van der Waals surface area contributed by atoms with Crippen LogP contribution in [0.15, 0.2) is 0 Å². The summed E-state index contributed by atoms with van der Waals surface area (Å²) >= 11 is 0. The van der Waals surface area contributed by atoms with Gasteiger partial charge >= 0.3 is 6.03 Å². The van der Waals surface area contributed by atoms with Crippen molar-refractivity contribution in [2.45, 2.75) is 57.3 Å². The van der Waals surface area contributed by atoms with Gasteiger partial charge in [0.1, 0.15) is 0 Å². The van der Waals surface area contributed by atoms with E-state index in [1.807, 2.05) is 13.8 Å². The minimum Gasteiger partial charge on any atom is -0.378 e. The van der Waals surface area contributed by atoms with Gasteiger partial charge in [0.2, 0.25) is 0 Å². The van der Waals surface area contributed by atoms with Crippen molar-refractivity contribution < 1.29 is 14.3 Å². The van der Waals surface area contributed by atoms with Gasteiger partial charge in [0.15, 0.2) is 0 Å². The Morgan fingerprint density at radius 1 is 1.37 bits per heavy atom. The van der Waals surface area contributed by atoms with Crippen LogP contribution >= 0.6 is 0 Å². The van der Waals surface area contributed by atoms with Gasteiger partial charge in [0, 0.05) is 26.3 Å². The summed E-state index contributed by atoms with van der Waals surface area (Å²) < 4.78 is 11.0. The second kappa shape index (κ2) is 6.09. The molecule has 0 aromatic rings. The van der Waals surface area contributed by atoms with Crippen LogP contribution in [0.25, 0.3) is 0 Å². The van der Waals surface area contributed by atoms with E-state index in [1.54, 1.807) is 7.11 Å². The Morgan fingerprint density at radius 3 is 2.74 bits per heavy atom. The lowest BCUT2D eigenvalue weighted by Gasteiger charge is -2.31. The Labute approximate surface area is 115 Å². The van der Waals surface area contributed by atoms with Gasteiger partial charge in [-0.15, -0.1) is 0 Å². The number of hydrogen-bond acceptors (Lipinski definition) is 3. The number of hydrogen-bond donors (Lipinski definition) is 2. The van der Waals surface area contributed by atoms with Crippen molar-refractivity contribution >= 4 is 6.03 Å². The molecule has 1 saturated heterocycles. The molecule has 1 aliphatic carbocycles. The number of ether oxygens (including phenoxy) is 2. The summed E-state index contributed by atoms with van der Waals surface area (Å²) in [5, 5.41) is 5.91. The highest BCUT2D eigenvalue weighted by atomic mass is 16.5. The third-order valence-electron chi connectivity index (χ3n) is 4.03. The number of urea groups is 1. The summed E-state index contributed by atoms with van der Waals surface area (Å²) in [4.78, 5) is 11.8. The van der Waals surface area contributed by atoms with Crippen LogP contribution in [-0.2, 0) is 9.47 Å². The number of amides is 2. The molecule has 110 valence electrons. The molecule has 2 fully saturated rings. The van der Waals surface area contributed by atoms with Gasteiger partial charge in [0.25, 0.3) is 0 Å². The number of methoxy groups -OCH3 is 1. The summed E-state index contributed by atoms with van der Waals surface area (Å²) in [7, 11) is 1.65. The molecule has 0 bridgehead atoms. The van der Waals surface area contributed by atoms with Crippen molar-refractivity contribution in [1.29, 1.82) is 0 Å². The third-order valence-corrected chi connectivity index (χ3v) is 4.03. The normalized spacial score (nSPS) is 27.9. The molecule has 0 aromatic heterocycles. The van der Waals surface area contributed by atoms with E-state index >= 15 is 0 Å². The summed E-state index contributed by atoms with van der Waals surface area (Å²) in [6.07, 6.45) is 4.78. The zero-order valence-corrected chi connectivity index (χ0v) is 12.2. The molecule has 5 heteroatoms. The maximum atomic E-state index is 11.8. The van der Waals surface area contributed by atoms with E-state index in [1.165, 1.54) is 12.8 Å². The standard InChI is InChI=1S/C14H26N2O3/c1-14(2,18-3)9-15-13(17)16-11-6-7-19-12(8-11)10-4-5-10/h10-12H,4-9H2,1-3H3,(H2,15,16,17)/t11-,12-/m0/s1. The second-order valence-electron chi connectivity index (χ2n) is 6.26. The van der Waals surface area contributed by atoms with Crippen molar-refractivity contribution in [3.05, 3.63) is 0 Å². The first-order valence-electron chi connectivity index (χ1n) is 7.21. The fourth-order valence-corrected chi connectivity index (χ4v) is 2.36. The van der Waals surface area contributed by atoms with Crippen LogP contribution in [0, 0.1) is 5.92 Å². The van der Waals surface area contributed by atoms with E-state index in [2.05, 4.69) is 10.6 Å². The average molecular weight is 270 g/mol. The smallest absolute Gasteiger partial charge is 0.315 e. The molecule has 2 N–H and O–H groups in total. The predicted octanol–water partition coefficient (Wildman–Crippen LogP) is 1.67. The van der Waals surface area contributed by atoms with E-state index in [-0.39, 0.29) is 17.7 Å². The lowest BCUT2D eigenvalue weighted by molar-refractivity contribution is -0.00951. The molecule has 2 atom stereocenters. The number of carbonyl (C=O) groups is 1. The first kappa shape index (κ1) is 14.6. The molecule has 0 aromatic carbocycles. The van der Waals surface area contributed by atoms with E-state index < -0.39 is 0 Å². The molecular weight excluding hydrogens is 244 g/mol. The van der Waals surface area contributed by atoms with Gasteiger partial charge in [-0.05, 0) is 45.4 Å². The van der Waals surface area contributed by atoms with Gasteiger partial charge < -0.3 is 20.1 Å². The summed E-state index contributed by atoms with van der Waals surface area (Å²) in [6, 6.07) is 0.136. The maximum absolute atomic E-state index is 11.8. The molecular formula is C14H26N2O3. The van der Waals surface area contributed by atoms with Gasteiger partial charge in [0.05, 0.1) is 11.7 Å². The maximum Gasteiger partial charge on any atom is 0.315 e. The highest BCUT2D eigenvalue weighted by Gasteiger charge is 2.36. The number of rotatable bonds is 5. The lowest BCUT2D eigenvalue weighted by Crippen LogP contribution is -2.49. The van der Waals surface area contributed by atoms with Crippen LogP contribution in [-0.4, -0.2) is 44.0 Å². The number of nitrogens with one attached hydrogen (secondary N) is 2. The van der Waals surface area contributed by atoms with Crippen LogP contribution in [0.4, 0.5) is 4.79 Å². The van der Waals surface area contributed by atoms with Crippen molar-refractivity contribution in [3.63, 3.8) is 0 Å². The SMILES string of the molecule is COC(C)(C)CNC(=O)N[C@H]1CCO[C@H](C2CC2)C1. The van der Waals surface area contributed by atoms with Crippen molar-refractivity contribution in [1.82, 2.24) is 10.6 Å². The average Bonchev–Trinajstić information content (AvgIpc) is 3.21. The molecule has 0 spiro atoms. The lowest BCUT2D eigenvalue weighted by atomic mass is 10.0.